The zero-order valence-electron chi connectivity index (χ0n) is 9.14. The van der Waals surface area contributed by atoms with Crippen LogP contribution in [0.1, 0.15) is 0 Å². The summed E-state index contributed by atoms with van der Waals surface area (Å²) in [7, 11) is 2.15. The Morgan fingerprint density at radius 2 is 1.94 bits per heavy atom. The van der Waals surface area contributed by atoms with Crippen LogP contribution in [-0.4, -0.2) is 56.7 Å². The van der Waals surface area contributed by atoms with Crippen LogP contribution < -0.4 is 4.90 Å². The first-order valence-electron chi connectivity index (χ1n) is 5.15. The highest BCUT2D eigenvalue weighted by Crippen LogP contribution is 2.36. The number of carbonyl (C=O) groups excluding carboxylic acids is 1. The number of nitrogens with one attached hydrogen (secondary N) is 1. The van der Waals surface area contributed by atoms with Crippen molar-refractivity contribution < 1.29 is 14.4 Å². The van der Waals surface area contributed by atoms with E-state index in [0.29, 0.717) is 6.61 Å². The summed E-state index contributed by atoms with van der Waals surface area (Å²) in [6.45, 7) is 6.04. The molecule has 16 heavy (non-hydrogen) atoms. The maximum Gasteiger partial charge on any atom is 0.342 e. The Morgan fingerprint density at radius 1 is 1.38 bits per heavy atom. The Bertz CT molecular complexity index is 237. The predicted octanol–water partition coefficient (Wildman–Crippen LogP) is 0.319. The van der Waals surface area contributed by atoms with Crippen LogP contribution in [0.5, 0.6) is 0 Å². The number of piperazine rings is 1. The molecule has 0 aromatic carbocycles. The molecule has 0 aromatic rings. The van der Waals surface area contributed by atoms with Crippen LogP contribution in [0, 0.1) is 0 Å². The number of halogens is 3. The lowest BCUT2D eigenvalue weighted by Gasteiger charge is -2.29. The molecule has 0 atom stereocenters. The van der Waals surface area contributed by atoms with Gasteiger partial charge in [-0.15, -0.1) is 0 Å². The Kier molecular flexibility index (Phi) is 7.07. The average Bonchev–Trinajstić information content (AvgIpc) is 2.19. The summed E-state index contributed by atoms with van der Waals surface area (Å²) < 4.78 is 4.77. The number of ether oxygens (including phenoxy) is 1. The van der Waals surface area contributed by atoms with Crippen LogP contribution in [0.15, 0.2) is 0 Å². The summed E-state index contributed by atoms with van der Waals surface area (Å²) in [4.78, 5) is 15.4. The van der Waals surface area contributed by atoms with E-state index in [1.807, 2.05) is 0 Å². The normalized spacial score (nSPS) is 19.8. The highest BCUT2D eigenvalue weighted by atomic mass is 127. The van der Waals surface area contributed by atoms with E-state index in [0.717, 1.165) is 32.7 Å². The number of hydrogen-bond acceptors (Lipinski definition) is 3. The highest BCUT2D eigenvalue weighted by molar-refractivity contribution is 14.3. The van der Waals surface area contributed by atoms with Crippen LogP contribution in [-0.2, 0) is 9.53 Å². The smallest absolute Gasteiger partial charge is 0.342 e. The Labute approximate surface area is 137 Å². The Balaban J connectivity index is 2.14. The SMILES string of the molecule is CN1CC[NH+](CCOC(=O)C(I)(I)I)CC1. The average molecular weight is 565 g/mol. The number of nitrogens with zero attached hydrogens (tertiary/aromatic N) is 1. The molecule has 4 nitrogen and oxygen atoms in total. The second kappa shape index (κ2) is 7.24. The first-order valence-corrected chi connectivity index (χ1v) is 8.39. The van der Waals surface area contributed by atoms with Crippen molar-refractivity contribution >= 4 is 73.7 Å². The number of esters is 1. The van der Waals surface area contributed by atoms with Crippen molar-refractivity contribution in [2.24, 2.45) is 0 Å². The third-order valence-electron chi connectivity index (χ3n) is 2.61. The lowest BCUT2D eigenvalue weighted by atomic mass is 10.3. The summed E-state index contributed by atoms with van der Waals surface area (Å²) in [6.07, 6.45) is 0. The first kappa shape index (κ1) is 15.6. The first-order chi connectivity index (χ1) is 7.39. The van der Waals surface area contributed by atoms with Gasteiger partial charge in [-0.1, -0.05) is 0 Å². The van der Waals surface area contributed by atoms with Crippen molar-refractivity contribution in [3.8, 4) is 0 Å². The molecule has 1 aliphatic heterocycles. The van der Waals surface area contributed by atoms with E-state index in [1.165, 1.54) is 4.90 Å². The van der Waals surface area contributed by atoms with Crippen molar-refractivity contribution in [2.45, 2.75) is -0.565 Å². The van der Waals surface area contributed by atoms with Crippen LogP contribution in [0.25, 0.3) is 0 Å². The van der Waals surface area contributed by atoms with E-state index >= 15 is 0 Å². The third kappa shape index (κ3) is 5.96. The zero-order chi connectivity index (χ0) is 12.2. The number of carbonyl (C=O) groups is 1. The fraction of sp³-hybridized carbons (Fsp3) is 0.889. The van der Waals surface area contributed by atoms with Crippen LogP contribution >= 0.6 is 67.8 Å². The molecule has 7 heteroatoms. The van der Waals surface area contributed by atoms with Crippen LogP contribution in [0.2, 0.25) is 0 Å². The number of alkyl halides is 3. The van der Waals surface area contributed by atoms with Gasteiger partial charge in [0, 0.05) is 13.1 Å². The van der Waals surface area contributed by atoms with Gasteiger partial charge in [-0.25, -0.2) is 4.79 Å². The van der Waals surface area contributed by atoms with Gasteiger partial charge in [-0.05, 0) is 74.8 Å². The molecule has 0 saturated carbocycles. The summed E-state index contributed by atoms with van der Waals surface area (Å²) >= 11 is 6.25. The lowest BCUT2D eigenvalue weighted by Crippen LogP contribution is -3.15. The molecule has 1 saturated heterocycles. The fourth-order valence-electron chi connectivity index (χ4n) is 1.55. The molecule has 0 spiro atoms. The van der Waals surface area contributed by atoms with Crippen molar-refractivity contribution in [1.29, 1.82) is 0 Å². The van der Waals surface area contributed by atoms with E-state index in [2.05, 4.69) is 79.7 Å². The number of rotatable bonds is 4. The number of hydrogen-bond donors (Lipinski definition) is 1. The molecular formula is C9H16I3N2O2+. The van der Waals surface area contributed by atoms with Gasteiger partial charge in [0.2, 0.25) is -0.565 Å². The molecule has 0 radical (unpaired) electrons. The molecule has 0 aliphatic carbocycles. The largest absolute Gasteiger partial charge is 0.458 e. The van der Waals surface area contributed by atoms with Gasteiger partial charge < -0.3 is 9.64 Å². The molecule has 0 unspecified atom stereocenters. The van der Waals surface area contributed by atoms with Gasteiger partial charge in [0.15, 0.2) is 0 Å². The minimum absolute atomic E-state index is 0.136. The topological polar surface area (TPSA) is 34.0 Å². The number of likely N-dealkylation sites (N-methyl/N-ethyl adjacent to an activating group) is 1. The summed E-state index contributed by atoms with van der Waals surface area (Å²) in [5.41, 5.74) is 0. The summed E-state index contributed by atoms with van der Waals surface area (Å²) in [5, 5.41) is 0. The molecular weight excluding hydrogens is 549 g/mol. The van der Waals surface area contributed by atoms with Gasteiger partial charge in [-0.3, -0.25) is 4.90 Å². The van der Waals surface area contributed by atoms with Crippen molar-refractivity contribution in [1.82, 2.24) is 4.90 Å². The Hall–Kier alpha value is 1.58. The summed E-state index contributed by atoms with van der Waals surface area (Å²) in [5.74, 6) is -0.136. The van der Waals surface area contributed by atoms with E-state index in [-0.39, 0.29) is 5.97 Å². The summed E-state index contributed by atoms with van der Waals surface area (Å²) in [6, 6.07) is 0. The molecule has 0 aromatic heterocycles. The highest BCUT2D eigenvalue weighted by Gasteiger charge is 2.30. The van der Waals surface area contributed by atoms with E-state index in [1.54, 1.807) is 0 Å². The quantitative estimate of drug-likeness (QED) is 0.304. The van der Waals surface area contributed by atoms with Gasteiger partial charge in [0.05, 0.1) is 13.1 Å². The molecule has 1 rings (SSSR count). The van der Waals surface area contributed by atoms with Crippen LogP contribution in [0.3, 0.4) is 0 Å². The van der Waals surface area contributed by atoms with Crippen LogP contribution in [0.4, 0.5) is 0 Å². The molecule has 1 N–H and O–H groups in total. The Morgan fingerprint density at radius 3 is 2.44 bits per heavy atom. The molecule has 1 fully saturated rings. The van der Waals surface area contributed by atoms with E-state index < -0.39 is -0.565 Å². The predicted molar refractivity (Wildman–Crippen MR) is 88.8 cm³/mol. The van der Waals surface area contributed by atoms with Gasteiger partial charge >= 0.3 is 5.97 Å². The number of quaternary nitrogens is 1. The second-order valence-electron chi connectivity index (χ2n) is 3.94. The third-order valence-corrected chi connectivity index (χ3v) is 3.94. The molecule has 94 valence electrons. The minimum atomic E-state index is -0.468. The second-order valence-corrected chi connectivity index (χ2v) is 15.0. The van der Waals surface area contributed by atoms with Gasteiger partial charge in [-0.2, -0.15) is 0 Å². The van der Waals surface area contributed by atoms with Crippen molar-refractivity contribution in [3.05, 3.63) is 0 Å². The van der Waals surface area contributed by atoms with Gasteiger partial charge in [0.25, 0.3) is 0 Å². The van der Waals surface area contributed by atoms with E-state index in [9.17, 15) is 4.79 Å². The van der Waals surface area contributed by atoms with Gasteiger partial charge in [0.1, 0.15) is 13.2 Å². The molecule has 0 bridgehead atoms. The fourth-order valence-corrected chi connectivity index (χ4v) is 2.02. The minimum Gasteiger partial charge on any atom is -0.458 e. The van der Waals surface area contributed by atoms with E-state index in [4.69, 9.17) is 4.74 Å². The zero-order valence-corrected chi connectivity index (χ0v) is 15.6. The molecule has 0 amide bonds. The maximum absolute atomic E-state index is 11.5. The van der Waals surface area contributed by atoms with Crippen molar-refractivity contribution in [2.75, 3.05) is 46.4 Å². The lowest BCUT2D eigenvalue weighted by molar-refractivity contribution is -0.904. The maximum atomic E-state index is 11.5. The standard InChI is InChI=1S/C9H15I3N2O2/c1-13-2-4-14(5-3-13)6-7-16-8(15)9(10,11)12/h2-7H2,1H3/p+1. The van der Waals surface area contributed by atoms with Crippen molar-refractivity contribution in [3.63, 3.8) is 0 Å². The molecule has 1 heterocycles. The monoisotopic (exact) mass is 565 g/mol. The molecule has 1 aliphatic rings.